The van der Waals surface area contributed by atoms with Crippen molar-refractivity contribution in [3.8, 4) is 0 Å². The Hall–Kier alpha value is -2.25. The summed E-state index contributed by atoms with van der Waals surface area (Å²) in [5, 5.41) is 3.02. The van der Waals surface area contributed by atoms with Crippen LogP contribution in [0.15, 0.2) is 29.2 Å². The van der Waals surface area contributed by atoms with E-state index in [1.807, 2.05) is 26.0 Å². The standard InChI is InChI=1S/C20H29N5O2/c1-4-16(3)21-18(26)14-24-10-8-23(9-11-24)13-17-12-19(27)25-7-5-6-15(2)20(25)22-17/h5-7,12,16H,4,8-11,13-14H2,1-3H3,(H,21,26). The molecule has 0 bridgehead atoms. The molecule has 7 heteroatoms. The first kappa shape index (κ1) is 19.5. The third kappa shape index (κ3) is 4.93. The molecule has 2 aromatic rings. The van der Waals surface area contributed by atoms with Crippen molar-refractivity contribution in [2.75, 3.05) is 32.7 Å². The van der Waals surface area contributed by atoms with Gasteiger partial charge in [-0.1, -0.05) is 13.0 Å². The summed E-state index contributed by atoms with van der Waals surface area (Å²) in [6.45, 7) is 10.6. The van der Waals surface area contributed by atoms with Crippen LogP contribution in [-0.4, -0.2) is 63.9 Å². The van der Waals surface area contributed by atoms with Gasteiger partial charge in [-0.15, -0.1) is 0 Å². The second-order valence-corrected chi connectivity index (χ2v) is 7.40. The van der Waals surface area contributed by atoms with Crippen LogP contribution < -0.4 is 10.9 Å². The van der Waals surface area contributed by atoms with Gasteiger partial charge >= 0.3 is 0 Å². The number of aryl methyl sites for hydroxylation is 1. The average Bonchev–Trinajstić information content (AvgIpc) is 2.64. The molecule has 2 aromatic heterocycles. The molecule has 1 N–H and O–H groups in total. The number of pyridine rings is 1. The SMILES string of the molecule is CCC(C)NC(=O)CN1CCN(Cc2cc(=O)n3cccc(C)c3n2)CC1. The zero-order chi connectivity index (χ0) is 19.4. The second-order valence-electron chi connectivity index (χ2n) is 7.40. The number of nitrogens with one attached hydrogen (secondary N) is 1. The minimum absolute atomic E-state index is 0.0425. The number of aromatic nitrogens is 2. The van der Waals surface area contributed by atoms with Crippen molar-refractivity contribution in [1.29, 1.82) is 0 Å². The van der Waals surface area contributed by atoms with Crippen LogP contribution in [0.3, 0.4) is 0 Å². The third-order valence-electron chi connectivity index (χ3n) is 5.18. The maximum atomic E-state index is 12.3. The topological polar surface area (TPSA) is 70.0 Å². The molecule has 146 valence electrons. The van der Waals surface area contributed by atoms with Crippen molar-refractivity contribution >= 4 is 11.6 Å². The molecule has 0 aromatic carbocycles. The fourth-order valence-electron chi connectivity index (χ4n) is 3.35. The molecule has 1 atom stereocenters. The highest BCUT2D eigenvalue weighted by Gasteiger charge is 2.20. The van der Waals surface area contributed by atoms with Gasteiger partial charge in [-0.2, -0.15) is 0 Å². The van der Waals surface area contributed by atoms with Crippen LogP contribution in [-0.2, 0) is 11.3 Å². The molecule has 7 nitrogen and oxygen atoms in total. The van der Waals surface area contributed by atoms with Gasteiger partial charge < -0.3 is 5.32 Å². The van der Waals surface area contributed by atoms with Gasteiger partial charge in [-0.3, -0.25) is 23.8 Å². The lowest BCUT2D eigenvalue weighted by atomic mass is 10.2. The van der Waals surface area contributed by atoms with Gasteiger partial charge in [0, 0.05) is 51.0 Å². The Kier molecular flexibility index (Phi) is 6.23. The summed E-state index contributed by atoms with van der Waals surface area (Å²) in [5.74, 6) is 0.0949. The minimum atomic E-state index is -0.0425. The molecule has 1 aliphatic rings. The van der Waals surface area contributed by atoms with Crippen LogP contribution >= 0.6 is 0 Å². The number of rotatable bonds is 6. The van der Waals surface area contributed by atoms with E-state index in [0.29, 0.717) is 13.1 Å². The zero-order valence-electron chi connectivity index (χ0n) is 16.4. The first-order valence-corrected chi connectivity index (χ1v) is 9.68. The fraction of sp³-hybridized carbons (Fsp3) is 0.550. The van der Waals surface area contributed by atoms with Gasteiger partial charge in [-0.25, -0.2) is 4.98 Å². The lowest BCUT2D eigenvalue weighted by Gasteiger charge is -2.34. The van der Waals surface area contributed by atoms with Crippen molar-refractivity contribution in [3.05, 3.63) is 46.0 Å². The molecule has 0 aliphatic carbocycles. The molecular weight excluding hydrogens is 342 g/mol. The first-order valence-electron chi connectivity index (χ1n) is 9.68. The van der Waals surface area contributed by atoms with Crippen molar-refractivity contribution in [1.82, 2.24) is 24.5 Å². The van der Waals surface area contributed by atoms with Crippen LogP contribution in [0.25, 0.3) is 5.65 Å². The molecule has 1 aliphatic heterocycles. The number of amides is 1. The quantitative estimate of drug-likeness (QED) is 0.822. The summed E-state index contributed by atoms with van der Waals surface area (Å²) in [6.07, 6.45) is 2.70. The minimum Gasteiger partial charge on any atom is -0.353 e. The Balaban J connectivity index is 1.57. The predicted molar refractivity (Wildman–Crippen MR) is 106 cm³/mol. The van der Waals surface area contributed by atoms with Crippen LogP contribution in [0, 0.1) is 6.92 Å². The molecule has 0 saturated carbocycles. The highest BCUT2D eigenvalue weighted by atomic mass is 16.2. The van der Waals surface area contributed by atoms with E-state index in [9.17, 15) is 9.59 Å². The van der Waals surface area contributed by atoms with Crippen molar-refractivity contribution in [2.24, 2.45) is 0 Å². The maximum absolute atomic E-state index is 12.3. The summed E-state index contributed by atoms with van der Waals surface area (Å²) < 4.78 is 1.59. The highest BCUT2D eigenvalue weighted by molar-refractivity contribution is 5.78. The molecule has 1 fully saturated rings. The van der Waals surface area contributed by atoms with Crippen LogP contribution in [0.2, 0.25) is 0 Å². The van der Waals surface area contributed by atoms with E-state index in [4.69, 9.17) is 0 Å². The number of piperazine rings is 1. The first-order chi connectivity index (χ1) is 13.0. The summed E-state index contributed by atoms with van der Waals surface area (Å²) >= 11 is 0. The van der Waals surface area contributed by atoms with E-state index in [2.05, 4.69) is 27.0 Å². The number of hydrogen-bond acceptors (Lipinski definition) is 5. The second kappa shape index (κ2) is 8.63. The summed E-state index contributed by atoms with van der Waals surface area (Å²) in [4.78, 5) is 33.5. The van der Waals surface area contributed by atoms with E-state index in [1.165, 1.54) is 0 Å². The van der Waals surface area contributed by atoms with Gasteiger partial charge in [0.25, 0.3) is 5.56 Å². The Bertz CT molecular complexity index is 855. The number of fused-ring (bicyclic) bond motifs is 1. The van der Waals surface area contributed by atoms with E-state index in [1.54, 1.807) is 16.7 Å². The van der Waals surface area contributed by atoms with Gasteiger partial charge in [-0.05, 0) is 31.9 Å². The number of hydrogen-bond donors (Lipinski definition) is 1. The van der Waals surface area contributed by atoms with Crippen molar-refractivity contribution < 1.29 is 4.79 Å². The molecule has 27 heavy (non-hydrogen) atoms. The Morgan fingerprint density at radius 3 is 2.67 bits per heavy atom. The van der Waals surface area contributed by atoms with Crippen LogP contribution in [0.4, 0.5) is 0 Å². The highest BCUT2D eigenvalue weighted by Crippen LogP contribution is 2.09. The normalized spacial score (nSPS) is 17.1. The molecule has 3 heterocycles. The summed E-state index contributed by atoms with van der Waals surface area (Å²) in [5.41, 5.74) is 2.48. The lowest BCUT2D eigenvalue weighted by molar-refractivity contribution is -0.123. The van der Waals surface area contributed by atoms with E-state index >= 15 is 0 Å². The predicted octanol–water partition coefficient (Wildman–Crippen LogP) is 1.04. The van der Waals surface area contributed by atoms with E-state index in [-0.39, 0.29) is 17.5 Å². The lowest BCUT2D eigenvalue weighted by Crippen LogP contribution is -2.50. The maximum Gasteiger partial charge on any atom is 0.258 e. The van der Waals surface area contributed by atoms with E-state index < -0.39 is 0 Å². The van der Waals surface area contributed by atoms with Crippen molar-refractivity contribution in [2.45, 2.75) is 39.8 Å². The number of carbonyl (C=O) groups excluding carboxylic acids is 1. The average molecular weight is 371 g/mol. The van der Waals surface area contributed by atoms with Gasteiger partial charge in [0.05, 0.1) is 12.2 Å². The molecule has 1 unspecified atom stereocenters. The smallest absolute Gasteiger partial charge is 0.258 e. The Labute approximate surface area is 160 Å². The van der Waals surface area contributed by atoms with E-state index in [0.717, 1.165) is 49.5 Å². The summed E-state index contributed by atoms with van der Waals surface area (Å²) in [6, 6.07) is 5.68. The molecule has 3 rings (SSSR count). The molecular formula is C20H29N5O2. The third-order valence-corrected chi connectivity index (χ3v) is 5.18. The largest absolute Gasteiger partial charge is 0.353 e. The zero-order valence-corrected chi connectivity index (χ0v) is 16.4. The fourth-order valence-corrected chi connectivity index (χ4v) is 3.35. The monoisotopic (exact) mass is 371 g/mol. The van der Waals surface area contributed by atoms with Gasteiger partial charge in [0.1, 0.15) is 5.65 Å². The van der Waals surface area contributed by atoms with Gasteiger partial charge in [0.15, 0.2) is 0 Å². The van der Waals surface area contributed by atoms with Gasteiger partial charge in [0.2, 0.25) is 5.91 Å². The Morgan fingerprint density at radius 1 is 1.26 bits per heavy atom. The number of carbonyl (C=O) groups is 1. The Morgan fingerprint density at radius 2 is 1.96 bits per heavy atom. The molecule has 0 spiro atoms. The molecule has 0 radical (unpaired) electrons. The molecule has 1 saturated heterocycles. The molecule has 1 amide bonds. The summed E-state index contributed by atoms with van der Waals surface area (Å²) in [7, 11) is 0. The van der Waals surface area contributed by atoms with Crippen LogP contribution in [0.1, 0.15) is 31.5 Å². The van der Waals surface area contributed by atoms with Crippen LogP contribution in [0.5, 0.6) is 0 Å². The number of nitrogens with zero attached hydrogens (tertiary/aromatic N) is 4. The van der Waals surface area contributed by atoms with Crippen molar-refractivity contribution in [3.63, 3.8) is 0 Å².